The lowest BCUT2D eigenvalue weighted by Gasteiger charge is -2.05. The number of fused-ring (bicyclic) bond motifs is 1. The van der Waals surface area contributed by atoms with Crippen molar-refractivity contribution in [3.8, 4) is 0 Å². The van der Waals surface area contributed by atoms with Crippen molar-refractivity contribution in [3.63, 3.8) is 0 Å². The van der Waals surface area contributed by atoms with Crippen molar-refractivity contribution in [1.29, 1.82) is 0 Å². The lowest BCUT2D eigenvalue weighted by atomic mass is 10.1. The summed E-state index contributed by atoms with van der Waals surface area (Å²) in [7, 11) is 0. The van der Waals surface area contributed by atoms with Crippen molar-refractivity contribution in [2.75, 3.05) is 0 Å². The molecule has 6 nitrogen and oxygen atoms in total. The molecule has 1 saturated carbocycles. The number of aromatic amines is 1. The van der Waals surface area contributed by atoms with E-state index in [2.05, 4.69) is 15.1 Å². The summed E-state index contributed by atoms with van der Waals surface area (Å²) in [6.07, 6.45) is 3.09. The number of nitrogens with two attached hydrogens (primary N) is 1. The van der Waals surface area contributed by atoms with E-state index in [4.69, 9.17) is 5.73 Å². The van der Waals surface area contributed by atoms with Crippen LogP contribution in [0.4, 0.5) is 0 Å². The van der Waals surface area contributed by atoms with Crippen molar-refractivity contribution < 1.29 is 0 Å². The van der Waals surface area contributed by atoms with E-state index in [1.807, 2.05) is 0 Å². The van der Waals surface area contributed by atoms with Gasteiger partial charge in [-0.15, -0.1) is 0 Å². The molecule has 0 amide bonds. The molecule has 3 rings (SSSR count). The Morgan fingerprint density at radius 3 is 3.06 bits per heavy atom. The fourth-order valence-electron chi connectivity index (χ4n) is 2.04. The molecule has 0 radical (unpaired) electrons. The number of nitrogens with zero attached hydrogens (tertiary/aromatic N) is 3. The summed E-state index contributed by atoms with van der Waals surface area (Å²) >= 11 is 0. The van der Waals surface area contributed by atoms with Crippen LogP contribution in [-0.2, 0) is 6.42 Å². The van der Waals surface area contributed by atoms with Crippen LogP contribution in [0.1, 0.15) is 24.4 Å². The highest BCUT2D eigenvalue weighted by molar-refractivity contribution is 5.27. The fraction of sp³-hybridized carbons (Fsp3) is 0.545. The number of aryl methyl sites for hydroxylation is 1. The predicted molar refractivity (Wildman–Crippen MR) is 62.7 cm³/mol. The molecule has 0 spiro atoms. The van der Waals surface area contributed by atoms with Gasteiger partial charge in [0.25, 0.3) is 11.3 Å². The summed E-state index contributed by atoms with van der Waals surface area (Å²) in [4.78, 5) is 20.2. The monoisotopic (exact) mass is 233 g/mol. The molecular formula is C11H15N5O. The van der Waals surface area contributed by atoms with E-state index in [1.54, 1.807) is 6.92 Å². The Morgan fingerprint density at radius 2 is 2.35 bits per heavy atom. The zero-order valence-electron chi connectivity index (χ0n) is 9.68. The fourth-order valence-corrected chi connectivity index (χ4v) is 2.04. The topological polar surface area (TPSA) is 89.1 Å². The Hall–Kier alpha value is -1.69. The molecule has 2 aromatic rings. The smallest absolute Gasteiger partial charge is 0.274 e. The average molecular weight is 233 g/mol. The maximum Gasteiger partial charge on any atom is 0.274 e. The van der Waals surface area contributed by atoms with Crippen LogP contribution in [-0.4, -0.2) is 25.6 Å². The van der Waals surface area contributed by atoms with Crippen LogP contribution < -0.4 is 11.3 Å². The van der Waals surface area contributed by atoms with Gasteiger partial charge in [-0.3, -0.25) is 9.89 Å². The Morgan fingerprint density at radius 1 is 1.59 bits per heavy atom. The average Bonchev–Trinajstić information content (AvgIpc) is 3.01. The molecule has 1 aliphatic rings. The number of hydrogen-bond donors (Lipinski definition) is 2. The first-order valence-corrected chi connectivity index (χ1v) is 5.84. The van der Waals surface area contributed by atoms with Gasteiger partial charge in [0, 0.05) is 24.2 Å². The van der Waals surface area contributed by atoms with Crippen molar-refractivity contribution >= 4 is 5.78 Å². The largest absolute Gasteiger partial charge is 0.327 e. The zero-order chi connectivity index (χ0) is 12.0. The second-order valence-corrected chi connectivity index (χ2v) is 4.75. The Kier molecular flexibility index (Phi) is 2.25. The molecule has 2 aromatic heterocycles. The highest BCUT2D eigenvalue weighted by Crippen LogP contribution is 2.32. The quantitative estimate of drug-likeness (QED) is 0.781. The van der Waals surface area contributed by atoms with E-state index in [0.29, 0.717) is 23.8 Å². The third-order valence-corrected chi connectivity index (χ3v) is 3.16. The van der Waals surface area contributed by atoms with Gasteiger partial charge < -0.3 is 5.73 Å². The van der Waals surface area contributed by atoms with Crippen LogP contribution >= 0.6 is 0 Å². The summed E-state index contributed by atoms with van der Waals surface area (Å²) in [5.41, 5.74) is 6.58. The summed E-state index contributed by atoms with van der Waals surface area (Å²) in [5.74, 6) is 1.78. The minimum atomic E-state index is -0.133. The maximum absolute atomic E-state index is 11.7. The molecule has 1 aliphatic carbocycles. The number of nitrogens with one attached hydrogen (secondary N) is 1. The van der Waals surface area contributed by atoms with E-state index in [9.17, 15) is 4.79 Å². The third-order valence-electron chi connectivity index (χ3n) is 3.16. The number of rotatable bonds is 3. The molecule has 90 valence electrons. The number of hydrogen-bond acceptors (Lipinski definition) is 4. The van der Waals surface area contributed by atoms with Gasteiger partial charge in [-0.2, -0.15) is 9.50 Å². The van der Waals surface area contributed by atoms with Gasteiger partial charge in [-0.05, 0) is 25.7 Å². The van der Waals surface area contributed by atoms with E-state index >= 15 is 0 Å². The molecule has 0 aliphatic heterocycles. The molecule has 0 saturated heterocycles. The first-order chi connectivity index (χ1) is 8.13. The summed E-state index contributed by atoms with van der Waals surface area (Å²) < 4.78 is 1.36. The molecule has 0 aromatic carbocycles. The van der Waals surface area contributed by atoms with E-state index in [1.165, 1.54) is 23.4 Å². The summed E-state index contributed by atoms with van der Waals surface area (Å²) in [5, 5.41) is 2.96. The summed E-state index contributed by atoms with van der Waals surface area (Å²) in [6, 6.07) is 1.61. The van der Waals surface area contributed by atoms with Gasteiger partial charge in [0.15, 0.2) is 0 Å². The Balaban J connectivity index is 1.95. The van der Waals surface area contributed by atoms with Crippen molar-refractivity contribution in [2.45, 2.75) is 32.2 Å². The molecule has 6 heteroatoms. The maximum atomic E-state index is 11.7. The first-order valence-electron chi connectivity index (χ1n) is 5.84. The van der Waals surface area contributed by atoms with Crippen LogP contribution in [0.3, 0.4) is 0 Å². The minimum Gasteiger partial charge on any atom is -0.327 e. The zero-order valence-corrected chi connectivity index (χ0v) is 9.68. The SMILES string of the molecule is Cc1cc(=O)n2[nH]c(CC(N)C3CC3)nc2n1. The first kappa shape index (κ1) is 10.5. The van der Waals surface area contributed by atoms with Gasteiger partial charge in [-0.1, -0.05) is 0 Å². The van der Waals surface area contributed by atoms with Crippen LogP contribution in [0, 0.1) is 12.8 Å². The van der Waals surface area contributed by atoms with E-state index < -0.39 is 0 Å². The lowest BCUT2D eigenvalue weighted by molar-refractivity contribution is 0.574. The van der Waals surface area contributed by atoms with Crippen molar-refractivity contribution in [3.05, 3.63) is 27.9 Å². The Labute approximate surface area is 97.9 Å². The van der Waals surface area contributed by atoms with E-state index in [0.717, 1.165) is 5.82 Å². The van der Waals surface area contributed by atoms with Gasteiger partial charge in [-0.25, -0.2) is 4.98 Å². The number of aromatic nitrogens is 4. The molecule has 1 unspecified atom stereocenters. The van der Waals surface area contributed by atoms with Gasteiger partial charge in [0.2, 0.25) is 0 Å². The number of H-pyrrole nitrogens is 1. The van der Waals surface area contributed by atoms with Crippen LogP contribution in [0.25, 0.3) is 5.78 Å². The van der Waals surface area contributed by atoms with Crippen LogP contribution in [0.5, 0.6) is 0 Å². The van der Waals surface area contributed by atoms with E-state index in [-0.39, 0.29) is 11.6 Å². The Bertz CT molecular complexity index is 610. The summed E-state index contributed by atoms with van der Waals surface area (Å²) in [6.45, 7) is 1.78. The molecular weight excluding hydrogens is 218 g/mol. The van der Waals surface area contributed by atoms with Gasteiger partial charge >= 0.3 is 0 Å². The molecule has 0 bridgehead atoms. The highest BCUT2D eigenvalue weighted by Gasteiger charge is 2.29. The van der Waals surface area contributed by atoms with Crippen molar-refractivity contribution in [2.24, 2.45) is 11.7 Å². The molecule has 1 atom stereocenters. The van der Waals surface area contributed by atoms with Gasteiger partial charge in [0.1, 0.15) is 5.82 Å². The molecule has 1 fully saturated rings. The third kappa shape index (κ3) is 1.95. The van der Waals surface area contributed by atoms with Crippen molar-refractivity contribution in [1.82, 2.24) is 19.6 Å². The predicted octanol–water partition coefficient (Wildman–Crippen LogP) is 0.00582. The van der Waals surface area contributed by atoms with Gasteiger partial charge in [0.05, 0.1) is 0 Å². The molecule has 2 heterocycles. The van der Waals surface area contributed by atoms with Crippen LogP contribution in [0.2, 0.25) is 0 Å². The lowest BCUT2D eigenvalue weighted by Crippen LogP contribution is -2.25. The normalized spacial score (nSPS) is 17.5. The second-order valence-electron chi connectivity index (χ2n) is 4.75. The highest BCUT2D eigenvalue weighted by atomic mass is 16.1. The molecule has 3 N–H and O–H groups in total. The minimum absolute atomic E-state index is 0.132. The molecule has 17 heavy (non-hydrogen) atoms. The second kappa shape index (κ2) is 3.66. The van der Waals surface area contributed by atoms with Crippen LogP contribution in [0.15, 0.2) is 10.9 Å². The standard InChI is InChI=1S/C11H15N5O/c1-6-4-10(17)16-11(13-6)14-9(15-16)5-8(12)7-2-3-7/h4,7-8H,2-3,5,12H2,1H3,(H,13,14,15).